The Morgan fingerprint density at radius 2 is 2.35 bits per heavy atom. The maximum absolute atomic E-state index is 10.2. The van der Waals surface area contributed by atoms with E-state index in [9.17, 15) is 10.4 Å². The van der Waals surface area contributed by atoms with Gasteiger partial charge in [0.25, 0.3) is 0 Å². The Kier molecular flexibility index (Phi) is 4.47. The van der Waals surface area contributed by atoms with E-state index in [1.54, 1.807) is 19.2 Å². The number of aryl methyl sites for hydroxylation is 1. The molecule has 0 aliphatic carbocycles. The van der Waals surface area contributed by atoms with Crippen LogP contribution in [0.15, 0.2) is 29.1 Å². The second kappa shape index (κ2) is 6.54. The molecule has 116 valence electrons. The molecule has 1 aromatic carbocycles. The molecular weight excluding hydrogens is 356 g/mol. The second-order valence-electron chi connectivity index (χ2n) is 4.44. The Morgan fingerprint density at radius 3 is 3.04 bits per heavy atom. The van der Waals surface area contributed by atoms with E-state index in [-0.39, 0.29) is 17.1 Å². The molecule has 0 saturated carbocycles. The summed E-state index contributed by atoms with van der Waals surface area (Å²) in [6, 6.07) is 7.34. The molecule has 0 aliphatic heterocycles. The summed E-state index contributed by atoms with van der Waals surface area (Å²) in [7, 11) is 1.70. The van der Waals surface area contributed by atoms with E-state index in [4.69, 9.17) is 11.6 Å². The fraction of sp³-hybridized carbons (Fsp3) is 0.154. The Balaban J connectivity index is 1.90. The SMILES string of the molecule is Cn1nnnc1SC/C(O)=C(\C#N)c1nc2cc(Cl)ccc2s1. The number of nitrogens with zero attached hydrogens (tertiary/aromatic N) is 6. The minimum atomic E-state index is -0.0642. The first-order chi connectivity index (χ1) is 11.1. The van der Waals surface area contributed by atoms with Crippen LogP contribution in [0.4, 0.5) is 0 Å². The highest BCUT2D eigenvalue weighted by Gasteiger charge is 2.15. The number of aromatic nitrogens is 5. The van der Waals surface area contributed by atoms with E-state index in [1.165, 1.54) is 27.8 Å². The average molecular weight is 365 g/mol. The van der Waals surface area contributed by atoms with Crippen molar-refractivity contribution in [3.8, 4) is 6.07 Å². The number of aliphatic hydroxyl groups excluding tert-OH is 1. The zero-order chi connectivity index (χ0) is 16.4. The Bertz CT molecular complexity index is 941. The number of rotatable bonds is 4. The summed E-state index contributed by atoms with van der Waals surface area (Å²) in [6.45, 7) is 0. The van der Waals surface area contributed by atoms with Crippen LogP contribution in [0.2, 0.25) is 5.02 Å². The number of hydrogen-bond acceptors (Lipinski definition) is 8. The highest BCUT2D eigenvalue weighted by atomic mass is 35.5. The Labute approximate surface area is 144 Å². The number of allylic oxidation sites excluding steroid dienone is 1. The number of halogens is 1. The summed E-state index contributed by atoms with van der Waals surface area (Å²) >= 11 is 8.50. The van der Waals surface area contributed by atoms with Gasteiger partial charge in [-0.25, -0.2) is 9.67 Å². The van der Waals surface area contributed by atoms with E-state index in [2.05, 4.69) is 20.5 Å². The van der Waals surface area contributed by atoms with Crippen LogP contribution in [0.1, 0.15) is 5.01 Å². The molecule has 0 aliphatic rings. The highest BCUT2D eigenvalue weighted by molar-refractivity contribution is 7.99. The predicted octanol–water partition coefficient (Wildman–Crippen LogP) is 3.06. The van der Waals surface area contributed by atoms with Gasteiger partial charge in [0.05, 0.1) is 16.0 Å². The smallest absolute Gasteiger partial charge is 0.209 e. The Hall–Kier alpha value is -2.15. The van der Waals surface area contributed by atoms with Crippen molar-refractivity contribution in [3.63, 3.8) is 0 Å². The summed E-state index contributed by atoms with van der Waals surface area (Å²) in [5.74, 6) is 0.110. The van der Waals surface area contributed by atoms with E-state index < -0.39 is 0 Å². The van der Waals surface area contributed by atoms with Crippen molar-refractivity contribution in [3.05, 3.63) is 34.0 Å². The molecular formula is C13H9ClN6OS2. The number of tetrazole rings is 1. The van der Waals surface area contributed by atoms with E-state index >= 15 is 0 Å². The topological polar surface area (TPSA) is 101 Å². The highest BCUT2D eigenvalue weighted by Crippen LogP contribution is 2.30. The molecule has 0 radical (unpaired) electrons. The van der Waals surface area contributed by atoms with Crippen molar-refractivity contribution in [2.45, 2.75) is 5.16 Å². The summed E-state index contributed by atoms with van der Waals surface area (Å²) in [5.41, 5.74) is 0.841. The molecule has 23 heavy (non-hydrogen) atoms. The summed E-state index contributed by atoms with van der Waals surface area (Å²) < 4.78 is 2.39. The molecule has 3 aromatic rings. The first-order valence-corrected chi connectivity index (χ1v) is 8.50. The molecule has 3 rings (SSSR count). The van der Waals surface area contributed by atoms with Crippen molar-refractivity contribution in [2.75, 3.05) is 5.75 Å². The number of thiazole rings is 1. The molecule has 2 aromatic heterocycles. The number of thioether (sulfide) groups is 1. The van der Waals surface area contributed by atoms with Gasteiger partial charge in [-0.1, -0.05) is 23.4 Å². The second-order valence-corrected chi connectivity index (χ2v) is 6.85. The lowest BCUT2D eigenvalue weighted by Crippen LogP contribution is -1.97. The number of benzene rings is 1. The normalized spacial score (nSPS) is 12.2. The summed E-state index contributed by atoms with van der Waals surface area (Å²) in [5, 5.41) is 32.2. The molecule has 10 heteroatoms. The third-order valence-electron chi connectivity index (χ3n) is 2.88. The average Bonchev–Trinajstić information content (AvgIpc) is 3.11. The Morgan fingerprint density at radius 1 is 1.52 bits per heavy atom. The number of nitriles is 1. The zero-order valence-electron chi connectivity index (χ0n) is 11.8. The zero-order valence-corrected chi connectivity index (χ0v) is 14.2. The van der Waals surface area contributed by atoms with Crippen LogP contribution in [0, 0.1) is 11.3 Å². The first kappa shape index (κ1) is 15.7. The van der Waals surface area contributed by atoms with Gasteiger partial charge in [0.2, 0.25) is 5.16 Å². The van der Waals surface area contributed by atoms with Gasteiger partial charge >= 0.3 is 0 Å². The van der Waals surface area contributed by atoms with Gasteiger partial charge in [-0.15, -0.1) is 16.4 Å². The van der Waals surface area contributed by atoms with Gasteiger partial charge in [0, 0.05) is 12.1 Å². The fourth-order valence-corrected chi connectivity index (χ4v) is 3.65. The van der Waals surface area contributed by atoms with Crippen LogP contribution in [0.3, 0.4) is 0 Å². The molecule has 2 heterocycles. The van der Waals surface area contributed by atoms with Crippen molar-refractivity contribution < 1.29 is 5.11 Å². The van der Waals surface area contributed by atoms with E-state index in [0.29, 0.717) is 20.7 Å². The first-order valence-electron chi connectivity index (χ1n) is 6.32. The van der Waals surface area contributed by atoms with Gasteiger partial charge in [0.15, 0.2) is 0 Å². The maximum Gasteiger partial charge on any atom is 0.209 e. The lowest BCUT2D eigenvalue weighted by Gasteiger charge is -2.01. The minimum absolute atomic E-state index is 0.0642. The van der Waals surface area contributed by atoms with Crippen LogP contribution in [-0.4, -0.2) is 36.1 Å². The van der Waals surface area contributed by atoms with Crippen LogP contribution in [0.5, 0.6) is 0 Å². The number of hydrogen-bond donors (Lipinski definition) is 1. The molecule has 0 bridgehead atoms. The fourth-order valence-electron chi connectivity index (χ4n) is 1.79. The minimum Gasteiger partial charge on any atom is -0.510 e. The van der Waals surface area contributed by atoms with Gasteiger partial charge in [0.1, 0.15) is 22.4 Å². The van der Waals surface area contributed by atoms with Gasteiger partial charge in [-0.05, 0) is 28.6 Å². The lowest BCUT2D eigenvalue weighted by atomic mass is 10.2. The van der Waals surface area contributed by atoms with Crippen molar-refractivity contribution in [1.29, 1.82) is 5.26 Å². The van der Waals surface area contributed by atoms with Crippen LogP contribution >= 0.6 is 34.7 Å². The molecule has 1 N–H and O–H groups in total. The van der Waals surface area contributed by atoms with Gasteiger partial charge in [-0.2, -0.15) is 5.26 Å². The van der Waals surface area contributed by atoms with E-state index in [0.717, 1.165) is 4.70 Å². The van der Waals surface area contributed by atoms with Crippen molar-refractivity contribution >= 4 is 50.5 Å². The van der Waals surface area contributed by atoms with Crippen LogP contribution in [-0.2, 0) is 7.05 Å². The molecule has 0 unspecified atom stereocenters. The molecule has 7 nitrogen and oxygen atoms in total. The van der Waals surface area contributed by atoms with Crippen LogP contribution < -0.4 is 0 Å². The summed E-state index contributed by atoms with van der Waals surface area (Å²) in [6.07, 6.45) is 0. The molecule has 0 spiro atoms. The largest absolute Gasteiger partial charge is 0.510 e. The third kappa shape index (κ3) is 3.29. The quantitative estimate of drug-likeness (QED) is 0.431. The molecule has 0 atom stereocenters. The monoisotopic (exact) mass is 364 g/mol. The van der Waals surface area contributed by atoms with E-state index in [1.807, 2.05) is 12.1 Å². The lowest BCUT2D eigenvalue weighted by molar-refractivity contribution is 0.420. The maximum atomic E-state index is 10.2. The summed E-state index contributed by atoms with van der Waals surface area (Å²) in [4.78, 5) is 4.37. The third-order valence-corrected chi connectivity index (χ3v) is 5.19. The number of aliphatic hydroxyl groups is 1. The van der Waals surface area contributed by atoms with Crippen LogP contribution in [0.25, 0.3) is 15.8 Å². The predicted molar refractivity (Wildman–Crippen MR) is 89.3 cm³/mol. The molecule has 0 amide bonds. The molecule has 0 saturated heterocycles. The molecule has 0 fully saturated rings. The van der Waals surface area contributed by atoms with Crippen molar-refractivity contribution in [2.24, 2.45) is 7.05 Å². The number of fused-ring (bicyclic) bond motifs is 1. The van der Waals surface area contributed by atoms with Crippen molar-refractivity contribution in [1.82, 2.24) is 25.2 Å². The van der Waals surface area contributed by atoms with Gasteiger partial charge < -0.3 is 5.11 Å². The standard InChI is InChI=1S/C13H9ClN6OS2/c1-20-13(17-18-19-20)22-6-10(21)8(5-15)12-16-9-4-7(14)2-3-11(9)23-12/h2-4,21H,6H2,1H3/b10-8-. The van der Waals surface area contributed by atoms with Gasteiger partial charge in [-0.3, -0.25) is 0 Å².